The number of rotatable bonds is 3. The number of carbonyl (C=O) groups excluding carboxylic acids is 1. The highest BCUT2D eigenvalue weighted by Gasteiger charge is 2.30. The lowest BCUT2D eigenvalue weighted by Gasteiger charge is -2.07. The molecule has 1 heterocycles. The molecule has 0 aromatic carbocycles. The number of pyridine rings is 1. The third kappa shape index (κ3) is 3.85. The maximum atomic E-state index is 12.2. The van der Waals surface area contributed by atoms with Crippen LogP contribution in [-0.4, -0.2) is 10.9 Å². The van der Waals surface area contributed by atoms with E-state index in [-0.39, 0.29) is 12.5 Å². The number of halogens is 3. The van der Waals surface area contributed by atoms with Crippen molar-refractivity contribution in [3.05, 3.63) is 29.6 Å². The number of alkyl halides is 3. The van der Waals surface area contributed by atoms with E-state index in [1.807, 2.05) is 0 Å². The van der Waals surface area contributed by atoms with Crippen molar-refractivity contribution in [2.45, 2.75) is 19.6 Å². The van der Waals surface area contributed by atoms with E-state index in [9.17, 15) is 18.0 Å². The minimum absolute atomic E-state index is 0.164. The number of hydrogen-bond donors (Lipinski definition) is 2. The summed E-state index contributed by atoms with van der Waals surface area (Å²) in [6, 6.07) is 2.19. The van der Waals surface area contributed by atoms with Gasteiger partial charge in [0.15, 0.2) is 0 Å². The molecule has 1 rings (SSSR count). The lowest BCUT2D eigenvalue weighted by Crippen LogP contribution is -2.35. The fraction of sp³-hybridized carbons (Fsp3) is 0.333. The van der Waals surface area contributed by atoms with Gasteiger partial charge in [0.25, 0.3) is 0 Å². The molecule has 0 bridgehead atoms. The summed E-state index contributed by atoms with van der Waals surface area (Å²) < 4.78 is 36.5. The summed E-state index contributed by atoms with van der Waals surface area (Å²) in [5, 5.41) is 0. The van der Waals surface area contributed by atoms with Gasteiger partial charge in [-0.2, -0.15) is 13.2 Å². The Morgan fingerprint density at radius 1 is 1.44 bits per heavy atom. The van der Waals surface area contributed by atoms with E-state index < -0.39 is 11.7 Å². The highest BCUT2D eigenvalue weighted by atomic mass is 19.4. The summed E-state index contributed by atoms with van der Waals surface area (Å²) in [4.78, 5) is 14.1. The van der Waals surface area contributed by atoms with Gasteiger partial charge in [-0.15, -0.1) is 0 Å². The number of hydrogen-bond acceptors (Lipinski definition) is 3. The molecule has 0 saturated carbocycles. The van der Waals surface area contributed by atoms with Gasteiger partial charge in [0.05, 0.1) is 17.8 Å². The molecule has 0 fully saturated rings. The van der Waals surface area contributed by atoms with Crippen molar-refractivity contribution in [3.63, 3.8) is 0 Å². The molecule has 0 radical (unpaired) electrons. The number of nitrogens with one attached hydrogen (secondary N) is 2. The number of hydrazine groups is 1. The van der Waals surface area contributed by atoms with Crippen LogP contribution in [0.15, 0.2) is 18.3 Å². The zero-order chi connectivity index (χ0) is 12.2. The molecule has 0 aliphatic carbocycles. The molecule has 1 amide bonds. The molecule has 16 heavy (non-hydrogen) atoms. The van der Waals surface area contributed by atoms with Crippen LogP contribution in [0.4, 0.5) is 13.2 Å². The Bertz CT molecular complexity index is 361. The maximum Gasteiger partial charge on any atom is 0.417 e. The van der Waals surface area contributed by atoms with Crippen LogP contribution in [0.5, 0.6) is 0 Å². The predicted molar refractivity (Wildman–Crippen MR) is 49.9 cm³/mol. The summed E-state index contributed by atoms with van der Waals surface area (Å²) in [7, 11) is 0. The average Bonchev–Trinajstić information content (AvgIpc) is 2.16. The van der Waals surface area contributed by atoms with Gasteiger partial charge < -0.3 is 0 Å². The Labute approximate surface area is 89.8 Å². The van der Waals surface area contributed by atoms with Crippen molar-refractivity contribution >= 4 is 5.91 Å². The number of carbonyl (C=O) groups is 1. The van der Waals surface area contributed by atoms with Gasteiger partial charge in [-0.05, 0) is 12.1 Å². The van der Waals surface area contributed by atoms with Crippen LogP contribution >= 0.6 is 0 Å². The van der Waals surface area contributed by atoms with Crippen molar-refractivity contribution in [3.8, 4) is 0 Å². The number of nitrogens with zero attached hydrogens (tertiary/aromatic N) is 1. The second-order valence-corrected chi connectivity index (χ2v) is 3.07. The summed E-state index contributed by atoms with van der Waals surface area (Å²) in [5.41, 5.74) is 4.41. The summed E-state index contributed by atoms with van der Waals surface area (Å²) in [6.07, 6.45) is -3.62. The van der Waals surface area contributed by atoms with Crippen LogP contribution in [-0.2, 0) is 17.5 Å². The molecule has 0 spiro atoms. The lowest BCUT2D eigenvalue weighted by atomic mass is 10.2. The molecule has 1 aromatic rings. The Morgan fingerprint density at radius 3 is 2.56 bits per heavy atom. The molecule has 1 aromatic heterocycles. The second-order valence-electron chi connectivity index (χ2n) is 3.07. The fourth-order valence-electron chi connectivity index (χ4n) is 0.956. The first-order valence-electron chi connectivity index (χ1n) is 4.41. The Kier molecular flexibility index (Phi) is 3.83. The Hall–Kier alpha value is -1.63. The molecular weight excluding hydrogens is 223 g/mol. The molecule has 0 atom stereocenters. The van der Waals surface area contributed by atoms with Gasteiger partial charge in [-0.25, -0.2) is 5.43 Å². The van der Waals surface area contributed by atoms with Crippen LogP contribution in [0.25, 0.3) is 0 Å². The quantitative estimate of drug-likeness (QED) is 0.772. The van der Waals surface area contributed by atoms with E-state index in [0.717, 1.165) is 12.3 Å². The van der Waals surface area contributed by atoms with Crippen LogP contribution in [0, 0.1) is 0 Å². The van der Waals surface area contributed by atoms with Crippen LogP contribution in [0.3, 0.4) is 0 Å². The summed E-state index contributed by atoms with van der Waals surface area (Å²) in [5.74, 6) is -0.285. The van der Waals surface area contributed by atoms with Crippen LogP contribution in [0.1, 0.15) is 18.2 Å². The first-order chi connectivity index (χ1) is 7.39. The van der Waals surface area contributed by atoms with Gasteiger partial charge in [0.2, 0.25) is 5.91 Å². The van der Waals surface area contributed by atoms with Crippen molar-refractivity contribution in [1.82, 2.24) is 15.8 Å². The van der Waals surface area contributed by atoms with Gasteiger partial charge in [0.1, 0.15) is 0 Å². The van der Waals surface area contributed by atoms with Gasteiger partial charge in [-0.3, -0.25) is 15.2 Å². The monoisotopic (exact) mass is 233 g/mol. The molecule has 7 heteroatoms. The zero-order valence-electron chi connectivity index (χ0n) is 8.43. The van der Waals surface area contributed by atoms with Gasteiger partial charge >= 0.3 is 6.18 Å². The predicted octanol–water partition coefficient (Wildman–Crippen LogP) is 1.24. The standard InChI is InChI=1S/C9H10F3N3O/c1-6(16)15-14-5-8-3-2-7(4-13-8)9(10,11)12/h2-4,14H,5H2,1H3,(H,15,16). The van der Waals surface area contributed by atoms with Gasteiger partial charge in [0, 0.05) is 13.1 Å². The molecule has 88 valence electrons. The number of amides is 1. The molecular formula is C9H10F3N3O. The molecule has 0 saturated heterocycles. The van der Waals surface area contributed by atoms with Crippen molar-refractivity contribution in [1.29, 1.82) is 0 Å². The zero-order valence-corrected chi connectivity index (χ0v) is 8.43. The first kappa shape index (κ1) is 12.4. The first-order valence-corrected chi connectivity index (χ1v) is 4.41. The van der Waals surface area contributed by atoms with E-state index in [1.165, 1.54) is 13.0 Å². The fourth-order valence-corrected chi connectivity index (χ4v) is 0.956. The van der Waals surface area contributed by atoms with Gasteiger partial charge in [-0.1, -0.05) is 0 Å². The lowest BCUT2D eigenvalue weighted by molar-refractivity contribution is -0.137. The third-order valence-electron chi connectivity index (χ3n) is 1.69. The normalized spacial score (nSPS) is 11.2. The highest BCUT2D eigenvalue weighted by molar-refractivity contribution is 5.72. The average molecular weight is 233 g/mol. The van der Waals surface area contributed by atoms with Crippen LogP contribution in [0.2, 0.25) is 0 Å². The second kappa shape index (κ2) is 4.93. The maximum absolute atomic E-state index is 12.2. The van der Waals surface area contributed by atoms with Crippen LogP contribution < -0.4 is 10.9 Å². The minimum Gasteiger partial charge on any atom is -0.291 e. The number of aromatic nitrogens is 1. The summed E-state index contributed by atoms with van der Waals surface area (Å²) >= 11 is 0. The van der Waals surface area contributed by atoms with E-state index in [2.05, 4.69) is 15.8 Å². The highest BCUT2D eigenvalue weighted by Crippen LogP contribution is 2.28. The molecule has 0 unspecified atom stereocenters. The molecule has 0 aliphatic rings. The smallest absolute Gasteiger partial charge is 0.291 e. The molecule has 0 aliphatic heterocycles. The largest absolute Gasteiger partial charge is 0.417 e. The third-order valence-corrected chi connectivity index (χ3v) is 1.69. The Morgan fingerprint density at radius 2 is 2.12 bits per heavy atom. The Balaban J connectivity index is 2.55. The summed E-state index contributed by atoms with van der Waals surface area (Å²) in [6.45, 7) is 1.48. The minimum atomic E-state index is -4.38. The van der Waals surface area contributed by atoms with Crippen molar-refractivity contribution in [2.75, 3.05) is 0 Å². The SMILES string of the molecule is CC(=O)NNCc1ccc(C(F)(F)F)cn1. The molecule has 4 nitrogen and oxygen atoms in total. The van der Waals surface area contributed by atoms with E-state index in [0.29, 0.717) is 5.69 Å². The molecule has 2 N–H and O–H groups in total. The van der Waals surface area contributed by atoms with E-state index in [1.54, 1.807) is 0 Å². The topological polar surface area (TPSA) is 54.0 Å². The van der Waals surface area contributed by atoms with Crippen molar-refractivity contribution in [2.24, 2.45) is 0 Å². The van der Waals surface area contributed by atoms with E-state index >= 15 is 0 Å². The van der Waals surface area contributed by atoms with Crippen molar-refractivity contribution < 1.29 is 18.0 Å². The van der Waals surface area contributed by atoms with E-state index in [4.69, 9.17) is 0 Å².